The number of carbonyl (C=O) groups is 2. The van der Waals surface area contributed by atoms with Gasteiger partial charge in [-0.1, -0.05) is 36.4 Å². The van der Waals surface area contributed by atoms with Crippen LogP contribution in [0.25, 0.3) is 0 Å². The van der Waals surface area contributed by atoms with Crippen LogP contribution in [0.15, 0.2) is 53.9 Å². The zero-order valence-corrected chi connectivity index (χ0v) is 20.3. The van der Waals surface area contributed by atoms with Crippen molar-refractivity contribution in [2.45, 2.75) is 25.8 Å². The molecule has 1 aliphatic heterocycles. The highest BCUT2D eigenvalue weighted by Crippen LogP contribution is 2.28. The first-order chi connectivity index (χ1) is 16.6. The fourth-order valence-electron chi connectivity index (χ4n) is 4.07. The predicted octanol–water partition coefficient (Wildman–Crippen LogP) is 3.46. The van der Waals surface area contributed by atoms with Crippen molar-refractivity contribution in [1.82, 2.24) is 15.2 Å². The van der Waals surface area contributed by atoms with E-state index in [0.29, 0.717) is 37.6 Å². The Morgan fingerprint density at radius 3 is 2.68 bits per heavy atom. The van der Waals surface area contributed by atoms with Crippen LogP contribution >= 0.6 is 11.3 Å². The second-order valence-electron chi connectivity index (χ2n) is 8.29. The summed E-state index contributed by atoms with van der Waals surface area (Å²) in [5, 5.41) is 5.96. The minimum atomic E-state index is -0.333. The maximum Gasteiger partial charge on any atom is 0.225 e. The lowest BCUT2D eigenvalue weighted by molar-refractivity contribution is -0.129. The number of likely N-dealkylation sites (tertiary alicyclic amines) is 1. The van der Waals surface area contributed by atoms with Gasteiger partial charge in [0, 0.05) is 31.3 Å². The van der Waals surface area contributed by atoms with Crippen LogP contribution in [0.1, 0.15) is 28.2 Å². The van der Waals surface area contributed by atoms with E-state index in [1.165, 1.54) is 5.56 Å². The van der Waals surface area contributed by atoms with Gasteiger partial charge in [0.25, 0.3) is 0 Å². The van der Waals surface area contributed by atoms with Crippen LogP contribution in [-0.2, 0) is 29.0 Å². The average molecular weight is 480 g/mol. The van der Waals surface area contributed by atoms with E-state index in [1.54, 1.807) is 30.5 Å². The van der Waals surface area contributed by atoms with Gasteiger partial charge < -0.3 is 19.7 Å². The molecule has 0 aliphatic carbocycles. The molecule has 1 aliphatic rings. The van der Waals surface area contributed by atoms with Crippen molar-refractivity contribution in [1.29, 1.82) is 0 Å². The van der Waals surface area contributed by atoms with Crippen molar-refractivity contribution in [3.05, 3.63) is 75.7 Å². The third-order valence-corrected chi connectivity index (χ3v) is 6.84. The maximum atomic E-state index is 12.7. The molecule has 1 fully saturated rings. The number of nitrogens with zero attached hydrogens (tertiary/aromatic N) is 2. The quantitative estimate of drug-likeness (QED) is 0.482. The molecular formula is C26H29N3O4S. The first-order valence-corrected chi connectivity index (χ1v) is 12.2. The molecule has 7 nitrogen and oxygen atoms in total. The van der Waals surface area contributed by atoms with Crippen LogP contribution in [0.2, 0.25) is 0 Å². The summed E-state index contributed by atoms with van der Waals surface area (Å²) in [4.78, 5) is 31.6. The number of amides is 2. The van der Waals surface area contributed by atoms with E-state index in [0.717, 1.165) is 22.7 Å². The highest BCUT2D eigenvalue weighted by atomic mass is 32.1. The zero-order valence-electron chi connectivity index (χ0n) is 19.5. The molecule has 0 bridgehead atoms. The van der Waals surface area contributed by atoms with Gasteiger partial charge in [0.1, 0.15) is 0 Å². The Hall–Kier alpha value is -3.39. The number of hydrogen-bond acceptors (Lipinski definition) is 6. The summed E-state index contributed by atoms with van der Waals surface area (Å²) in [5.41, 5.74) is 3.11. The van der Waals surface area contributed by atoms with Gasteiger partial charge in [0.05, 0.1) is 37.4 Å². The third kappa shape index (κ3) is 5.94. The monoisotopic (exact) mass is 479 g/mol. The molecule has 1 atom stereocenters. The van der Waals surface area contributed by atoms with Gasteiger partial charge >= 0.3 is 0 Å². The largest absolute Gasteiger partial charge is 0.493 e. The Labute approximate surface area is 203 Å². The molecule has 0 spiro atoms. The minimum Gasteiger partial charge on any atom is -0.493 e. The van der Waals surface area contributed by atoms with Crippen molar-refractivity contribution >= 4 is 23.2 Å². The van der Waals surface area contributed by atoms with Crippen LogP contribution in [0.4, 0.5) is 0 Å². The summed E-state index contributed by atoms with van der Waals surface area (Å²) in [7, 11) is 3.20. The number of aromatic nitrogens is 1. The summed E-state index contributed by atoms with van der Waals surface area (Å²) in [6.45, 7) is 1.38. The minimum absolute atomic E-state index is 0.0134. The highest BCUT2D eigenvalue weighted by molar-refractivity contribution is 7.09. The molecule has 1 unspecified atom stereocenters. The standard InChI is InChI=1S/C26H29N3O4S/c1-32-22-9-8-19(12-23(22)33-2)10-11-29-16-20(14-25(29)30)26(31)27-15-21-17-34-24(28-21)13-18-6-4-3-5-7-18/h3-9,12,17,20H,10-11,13-16H2,1-2H3,(H,27,31). The van der Waals surface area contributed by atoms with Gasteiger partial charge in [-0.3, -0.25) is 9.59 Å². The number of rotatable bonds is 10. The number of nitrogens with one attached hydrogen (secondary N) is 1. The summed E-state index contributed by atoms with van der Waals surface area (Å²) < 4.78 is 10.6. The van der Waals surface area contributed by atoms with Crippen LogP contribution in [0, 0.1) is 5.92 Å². The fourth-order valence-corrected chi connectivity index (χ4v) is 4.90. The van der Waals surface area contributed by atoms with E-state index in [-0.39, 0.29) is 24.2 Å². The summed E-state index contributed by atoms with van der Waals surface area (Å²) >= 11 is 1.60. The average Bonchev–Trinajstić information content (AvgIpc) is 3.47. The molecule has 34 heavy (non-hydrogen) atoms. The fraction of sp³-hybridized carbons (Fsp3) is 0.346. The molecule has 4 rings (SSSR count). The maximum absolute atomic E-state index is 12.7. The molecule has 3 aromatic rings. The molecular weight excluding hydrogens is 450 g/mol. The van der Waals surface area contributed by atoms with Gasteiger partial charge in [-0.05, 0) is 29.7 Å². The van der Waals surface area contributed by atoms with Gasteiger partial charge in [-0.15, -0.1) is 11.3 Å². The number of benzene rings is 2. The first-order valence-electron chi connectivity index (χ1n) is 11.3. The van der Waals surface area contributed by atoms with Crippen LogP contribution < -0.4 is 14.8 Å². The Balaban J connectivity index is 1.25. The second kappa shape index (κ2) is 11.2. The van der Waals surface area contributed by atoms with E-state index in [4.69, 9.17) is 9.47 Å². The van der Waals surface area contributed by atoms with Crippen LogP contribution in [0.3, 0.4) is 0 Å². The lowest BCUT2D eigenvalue weighted by atomic mass is 10.1. The van der Waals surface area contributed by atoms with Gasteiger partial charge in [-0.2, -0.15) is 0 Å². The Kier molecular flexibility index (Phi) is 7.80. The Morgan fingerprint density at radius 1 is 1.12 bits per heavy atom. The molecule has 2 aromatic carbocycles. The lowest BCUT2D eigenvalue weighted by Crippen LogP contribution is -2.33. The van der Waals surface area contributed by atoms with E-state index in [9.17, 15) is 9.59 Å². The van der Waals surface area contributed by atoms with Crippen molar-refractivity contribution < 1.29 is 19.1 Å². The summed E-state index contributed by atoms with van der Waals surface area (Å²) in [5.74, 6) is 0.922. The number of carbonyl (C=O) groups excluding carboxylic acids is 2. The topological polar surface area (TPSA) is 80.8 Å². The second-order valence-corrected chi connectivity index (χ2v) is 9.24. The molecule has 2 heterocycles. The van der Waals surface area contributed by atoms with Crippen LogP contribution in [0.5, 0.6) is 11.5 Å². The molecule has 0 radical (unpaired) electrons. The Bertz CT molecular complexity index is 1130. The van der Waals surface area contributed by atoms with E-state index >= 15 is 0 Å². The smallest absolute Gasteiger partial charge is 0.225 e. The van der Waals surface area contributed by atoms with Gasteiger partial charge in [0.2, 0.25) is 11.8 Å². The first kappa shape index (κ1) is 23.8. The molecule has 1 N–H and O–H groups in total. The summed E-state index contributed by atoms with van der Waals surface area (Å²) in [6, 6.07) is 15.9. The van der Waals surface area contributed by atoms with E-state index in [2.05, 4.69) is 22.4 Å². The molecule has 0 saturated carbocycles. The van der Waals surface area contributed by atoms with Gasteiger partial charge in [-0.25, -0.2) is 4.98 Å². The zero-order chi connectivity index (χ0) is 23.9. The summed E-state index contributed by atoms with van der Waals surface area (Å²) in [6.07, 6.45) is 1.71. The SMILES string of the molecule is COc1ccc(CCN2CC(C(=O)NCc3csc(Cc4ccccc4)n3)CC2=O)cc1OC. The molecule has 2 amide bonds. The molecule has 1 saturated heterocycles. The molecule has 1 aromatic heterocycles. The van der Waals surface area contributed by atoms with E-state index < -0.39 is 0 Å². The third-order valence-electron chi connectivity index (χ3n) is 5.94. The van der Waals surface area contributed by atoms with Crippen molar-refractivity contribution in [3.8, 4) is 11.5 Å². The highest BCUT2D eigenvalue weighted by Gasteiger charge is 2.33. The molecule has 8 heteroatoms. The number of ether oxygens (including phenoxy) is 2. The van der Waals surface area contributed by atoms with Crippen LogP contribution in [-0.4, -0.2) is 49.0 Å². The predicted molar refractivity (Wildman–Crippen MR) is 131 cm³/mol. The normalized spacial score (nSPS) is 15.4. The van der Waals surface area contributed by atoms with Crippen molar-refractivity contribution in [2.24, 2.45) is 5.92 Å². The number of hydrogen-bond donors (Lipinski definition) is 1. The lowest BCUT2D eigenvalue weighted by Gasteiger charge is -2.17. The number of thiazole rings is 1. The van der Waals surface area contributed by atoms with E-state index in [1.807, 2.05) is 41.8 Å². The number of methoxy groups -OCH3 is 2. The van der Waals surface area contributed by atoms with Crippen molar-refractivity contribution in [2.75, 3.05) is 27.3 Å². The molecule has 178 valence electrons. The Morgan fingerprint density at radius 2 is 1.91 bits per heavy atom. The van der Waals surface area contributed by atoms with Crippen molar-refractivity contribution in [3.63, 3.8) is 0 Å². The van der Waals surface area contributed by atoms with Gasteiger partial charge in [0.15, 0.2) is 11.5 Å².